The highest BCUT2D eigenvalue weighted by Gasteiger charge is 2.38. The molecular weight excluding hydrogens is 312 g/mol. The van der Waals surface area contributed by atoms with Gasteiger partial charge in [0, 0.05) is 12.0 Å². The van der Waals surface area contributed by atoms with Gasteiger partial charge in [0.2, 0.25) is 0 Å². The number of amides is 1. The maximum absolute atomic E-state index is 12.5. The molecule has 1 heterocycles. The second-order valence-electron chi connectivity index (χ2n) is 6.54. The summed E-state index contributed by atoms with van der Waals surface area (Å²) in [6, 6.07) is 20.0. The minimum Gasteiger partial charge on any atom is -0.350 e. The number of hydrogen-bond donors (Lipinski definition) is 1. The lowest BCUT2D eigenvalue weighted by atomic mass is 9.64. The third-order valence-electron chi connectivity index (χ3n) is 5.00. The molecule has 0 spiro atoms. The van der Waals surface area contributed by atoms with Crippen molar-refractivity contribution in [3.63, 3.8) is 0 Å². The van der Waals surface area contributed by atoms with E-state index in [1.807, 2.05) is 36.4 Å². The van der Waals surface area contributed by atoms with Gasteiger partial charge < -0.3 is 5.32 Å². The third-order valence-corrected chi connectivity index (χ3v) is 5.00. The Kier molecular flexibility index (Phi) is 4.06. The molecule has 0 atom stereocenters. The van der Waals surface area contributed by atoms with E-state index < -0.39 is 0 Å². The van der Waals surface area contributed by atoms with E-state index in [1.165, 1.54) is 23.0 Å². The topological polar surface area (TPSA) is 59.8 Å². The van der Waals surface area contributed by atoms with Crippen LogP contribution in [0.15, 0.2) is 66.9 Å². The van der Waals surface area contributed by atoms with Gasteiger partial charge in [0.25, 0.3) is 5.91 Å². The minimum atomic E-state index is -0.176. The first-order chi connectivity index (χ1) is 12.3. The number of carbonyl (C=O) groups excluding carboxylic acids is 1. The molecule has 1 aromatic heterocycles. The molecule has 1 saturated carbocycles. The molecule has 1 aliphatic carbocycles. The fourth-order valence-corrected chi connectivity index (χ4v) is 3.36. The molecule has 0 radical (unpaired) electrons. The lowest BCUT2D eigenvalue weighted by Crippen LogP contribution is -2.45. The van der Waals surface area contributed by atoms with Crippen LogP contribution in [0.3, 0.4) is 0 Å². The first kappa shape index (κ1) is 15.6. The molecule has 5 nitrogen and oxygen atoms in total. The molecule has 0 unspecified atom stereocenters. The van der Waals surface area contributed by atoms with Crippen LogP contribution >= 0.6 is 0 Å². The van der Waals surface area contributed by atoms with Gasteiger partial charge in [-0.1, -0.05) is 55.0 Å². The average Bonchev–Trinajstić information content (AvgIpc) is 3.13. The van der Waals surface area contributed by atoms with Crippen LogP contribution in [0.5, 0.6) is 0 Å². The zero-order chi connectivity index (χ0) is 17.1. The summed E-state index contributed by atoms with van der Waals surface area (Å²) in [7, 11) is 0. The van der Waals surface area contributed by atoms with Crippen molar-refractivity contribution < 1.29 is 4.79 Å². The number of benzene rings is 2. The van der Waals surface area contributed by atoms with E-state index in [1.54, 1.807) is 0 Å². The molecular formula is C20H20N4O. The highest BCUT2D eigenvalue weighted by molar-refractivity contribution is 5.91. The van der Waals surface area contributed by atoms with Crippen molar-refractivity contribution in [2.75, 3.05) is 6.54 Å². The quantitative estimate of drug-likeness (QED) is 0.781. The SMILES string of the molecule is O=C(NCC1(c2ccccc2)CCC1)c1cnn(-c2ccccc2)n1. The fraction of sp³-hybridized carbons (Fsp3) is 0.250. The van der Waals surface area contributed by atoms with Gasteiger partial charge in [-0.15, -0.1) is 5.10 Å². The molecule has 4 rings (SSSR count). The highest BCUT2D eigenvalue weighted by Crippen LogP contribution is 2.43. The van der Waals surface area contributed by atoms with Crippen LogP contribution in [0.2, 0.25) is 0 Å². The van der Waals surface area contributed by atoms with E-state index in [-0.39, 0.29) is 11.3 Å². The number of aromatic nitrogens is 3. The summed E-state index contributed by atoms with van der Waals surface area (Å²) in [6.07, 6.45) is 4.93. The average molecular weight is 332 g/mol. The molecule has 1 fully saturated rings. The largest absolute Gasteiger partial charge is 0.350 e. The Labute approximate surface area is 146 Å². The smallest absolute Gasteiger partial charge is 0.273 e. The number of para-hydroxylation sites is 1. The Morgan fingerprint density at radius 2 is 1.72 bits per heavy atom. The molecule has 126 valence electrons. The standard InChI is InChI=1S/C20H20N4O/c25-19(18-14-22-24(23-18)17-10-5-2-6-11-17)21-15-20(12-7-13-20)16-8-3-1-4-9-16/h1-6,8-11,14H,7,12-13,15H2,(H,21,25). The molecule has 3 aromatic rings. The summed E-state index contributed by atoms with van der Waals surface area (Å²) in [6.45, 7) is 0.633. The van der Waals surface area contributed by atoms with Crippen molar-refractivity contribution in [2.24, 2.45) is 0 Å². The summed E-state index contributed by atoms with van der Waals surface area (Å²) in [5.74, 6) is -0.176. The first-order valence-corrected chi connectivity index (χ1v) is 8.58. The van der Waals surface area contributed by atoms with E-state index in [2.05, 4.69) is 39.8 Å². The number of rotatable bonds is 5. The van der Waals surface area contributed by atoms with Gasteiger partial charge in [-0.3, -0.25) is 4.79 Å². The summed E-state index contributed by atoms with van der Waals surface area (Å²) >= 11 is 0. The van der Waals surface area contributed by atoms with Gasteiger partial charge in [0.1, 0.15) is 0 Å². The Balaban J connectivity index is 1.45. The lowest BCUT2D eigenvalue weighted by Gasteiger charge is -2.42. The van der Waals surface area contributed by atoms with Crippen molar-refractivity contribution in [3.8, 4) is 5.69 Å². The van der Waals surface area contributed by atoms with Gasteiger partial charge in [0.05, 0.1) is 11.9 Å². The monoisotopic (exact) mass is 332 g/mol. The zero-order valence-electron chi connectivity index (χ0n) is 13.9. The van der Waals surface area contributed by atoms with E-state index in [9.17, 15) is 4.79 Å². The Hall–Kier alpha value is -2.95. The molecule has 2 aromatic carbocycles. The minimum absolute atomic E-state index is 0.0618. The van der Waals surface area contributed by atoms with Crippen LogP contribution in [0, 0.1) is 0 Å². The number of carbonyl (C=O) groups is 1. The van der Waals surface area contributed by atoms with Gasteiger partial charge >= 0.3 is 0 Å². The Bertz CT molecular complexity index is 854. The molecule has 0 aliphatic heterocycles. The maximum atomic E-state index is 12.5. The molecule has 1 N–H and O–H groups in total. The summed E-state index contributed by atoms with van der Waals surface area (Å²) in [4.78, 5) is 14.0. The van der Waals surface area contributed by atoms with E-state index in [4.69, 9.17) is 0 Å². The van der Waals surface area contributed by atoms with Crippen LogP contribution in [0.4, 0.5) is 0 Å². The van der Waals surface area contributed by atoms with E-state index in [0.717, 1.165) is 18.5 Å². The van der Waals surface area contributed by atoms with Crippen LogP contribution in [-0.4, -0.2) is 27.4 Å². The van der Waals surface area contributed by atoms with Crippen LogP contribution in [0.1, 0.15) is 35.3 Å². The van der Waals surface area contributed by atoms with Crippen molar-refractivity contribution in [3.05, 3.63) is 78.1 Å². The van der Waals surface area contributed by atoms with Crippen molar-refractivity contribution >= 4 is 5.91 Å². The maximum Gasteiger partial charge on any atom is 0.273 e. The van der Waals surface area contributed by atoms with Crippen LogP contribution < -0.4 is 5.32 Å². The lowest BCUT2D eigenvalue weighted by molar-refractivity contribution is 0.0922. The molecule has 0 bridgehead atoms. The molecule has 0 saturated heterocycles. The van der Waals surface area contributed by atoms with Crippen LogP contribution in [-0.2, 0) is 5.41 Å². The third kappa shape index (κ3) is 3.05. The predicted molar refractivity (Wildman–Crippen MR) is 95.7 cm³/mol. The Morgan fingerprint density at radius 1 is 1.04 bits per heavy atom. The van der Waals surface area contributed by atoms with E-state index in [0.29, 0.717) is 12.2 Å². The second kappa shape index (κ2) is 6.51. The predicted octanol–water partition coefficient (Wildman–Crippen LogP) is 3.12. The summed E-state index contributed by atoms with van der Waals surface area (Å²) < 4.78 is 0. The molecule has 25 heavy (non-hydrogen) atoms. The second-order valence-corrected chi connectivity index (χ2v) is 6.54. The van der Waals surface area contributed by atoms with Crippen molar-refractivity contribution in [1.82, 2.24) is 20.3 Å². The van der Waals surface area contributed by atoms with Crippen molar-refractivity contribution in [1.29, 1.82) is 0 Å². The summed E-state index contributed by atoms with van der Waals surface area (Å²) in [5.41, 5.74) is 2.54. The first-order valence-electron chi connectivity index (χ1n) is 8.58. The van der Waals surface area contributed by atoms with Gasteiger partial charge in [-0.25, -0.2) is 0 Å². The van der Waals surface area contributed by atoms with E-state index >= 15 is 0 Å². The Morgan fingerprint density at radius 3 is 2.36 bits per heavy atom. The molecule has 1 amide bonds. The van der Waals surface area contributed by atoms with Gasteiger partial charge in [-0.2, -0.15) is 9.90 Å². The normalized spacial score (nSPS) is 15.4. The van der Waals surface area contributed by atoms with Crippen molar-refractivity contribution in [2.45, 2.75) is 24.7 Å². The molecule has 5 heteroatoms. The number of nitrogens with zero attached hydrogens (tertiary/aromatic N) is 3. The highest BCUT2D eigenvalue weighted by atomic mass is 16.2. The van der Waals surface area contributed by atoms with Gasteiger partial charge in [-0.05, 0) is 30.5 Å². The number of hydrogen-bond acceptors (Lipinski definition) is 3. The summed E-state index contributed by atoms with van der Waals surface area (Å²) in [5, 5.41) is 11.5. The van der Waals surface area contributed by atoms with Crippen LogP contribution in [0.25, 0.3) is 5.69 Å². The zero-order valence-corrected chi connectivity index (χ0v) is 13.9. The molecule has 1 aliphatic rings. The van der Waals surface area contributed by atoms with Gasteiger partial charge in [0.15, 0.2) is 5.69 Å². The fourth-order valence-electron chi connectivity index (χ4n) is 3.36. The number of nitrogens with one attached hydrogen (secondary N) is 1.